The highest BCUT2D eigenvalue weighted by Gasteiger charge is 2.23. The van der Waals surface area contributed by atoms with Gasteiger partial charge in [-0.25, -0.2) is 9.59 Å². The summed E-state index contributed by atoms with van der Waals surface area (Å²) in [6.45, 7) is 3.83. The number of urea groups is 1. The Morgan fingerprint density at radius 3 is 2.19 bits per heavy atom. The first-order chi connectivity index (χ1) is 12.4. The lowest BCUT2D eigenvalue weighted by molar-refractivity contribution is -0.142. The van der Waals surface area contributed by atoms with Crippen LogP contribution in [0.2, 0.25) is 0 Å². The smallest absolute Gasteiger partial charge is 0.328 e. The summed E-state index contributed by atoms with van der Waals surface area (Å²) < 4.78 is 5.06. The lowest BCUT2D eigenvalue weighted by Crippen LogP contribution is -2.51. The number of nitrogens with one attached hydrogen (secondary N) is 3. The van der Waals surface area contributed by atoms with Gasteiger partial charge in [-0.05, 0) is 30.5 Å². The standard InChI is InChI=1S/C18H27N3O5/c1-4-13(5-2)16(22)21-15(17(23)24)11-20-18(25)19-10-12-6-8-14(26-3)9-7-12/h6-9,13,15H,4-5,10-11H2,1-3H3,(H,21,22)(H,23,24)(H2,19,20,25)/t15-/m0/s1. The molecule has 0 saturated heterocycles. The lowest BCUT2D eigenvalue weighted by atomic mass is 10.0. The van der Waals surface area contributed by atoms with Gasteiger partial charge in [0.15, 0.2) is 0 Å². The first kappa shape index (κ1) is 21.3. The van der Waals surface area contributed by atoms with E-state index in [0.29, 0.717) is 12.8 Å². The van der Waals surface area contributed by atoms with Gasteiger partial charge >= 0.3 is 12.0 Å². The third-order valence-corrected chi connectivity index (χ3v) is 4.05. The van der Waals surface area contributed by atoms with Crippen LogP contribution >= 0.6 is 0 Å². The summed E-state index contributed by atoms with van der Waals surface area (Å²) in [6.07, 6.45) is 1.26. The van der Waals surface area contributed by atoms with Gasteiger partial charge in [-0.1, -0.05) is 26.0 Å². The summed E-state index contributed by atoms with van der Waals surface area (Å²) >= 11 is 0. The van der Waals surface area contributed by atoms with Crippen molar-refractivity contribution in [1.82, 2.24) is 16.0 Å². The number of carbonyl (C=O) groups excluding carboxylic acids is 2. The molecule has 1 rings (SSSR count). The molecule has 0 fully saturated rings. The Balaban J connectivity index is 2.45. The predicted octanol–water partition coefficient (Wildman–Crippen LogP) is 1.50. The molecule has 0 aliphatic heterocycles. The van der Waals surface area contributed by atoms with Crippen LogP contribution in [0.3, 0.4) is 0 Å². The van der Waals surface area contributed by atoms with Gasteiger partial charge in [-0.15, -0.1) is 0 Å². The Bertz CT molecular complexity index is 599. The van der Waals surface area contributed by atoms with Crippen LogP contribution in [0.4, 0.5) is 4.79 Å². The van der Waals surface area contributed by atoms with Crippen molar-refractivity contribution in [1.29, 1.82) is 0 Å². The maximum absolute atomic E-state index is 12.0. The van der Waals surface area contributed by atoms with Crippen LogP contribution in [0.5, 0.6) is 5.75 Å². The SMILES string of the molecule is CCC(CC)C(=O)N[C@@H](CNC(=O)NCc1ccc(OC)cc1)C(=O)O. The number of methoxy groups -OCH3 is 1. The number of hydrogen-bond acceptors (Lipinski definition) is 4. The fraction of sp³-hybridized carbons (Fsp3) is 0.500. The van der Waals surface area contributed by atoms with E-state index in [4.69, 9.17) is 4.74 Å². The first-order valence-electron chi connectivity index (χ1n) is 8.59. The molecule has 0 saturated carbocycles. The number of carboxylic acids is 1. The summed E-state index contributed by atoms with van der Waals surface area (Å²) in [5.74, 6) is -1.03. The van der Waals surface area contributed by atoms with E-state index in [1.807, 2.05) is 26.0 Å². The second-order valence-electron chi connectivity index (χ2n) is 5.82. The summed E-state index contributed by atoms with van der Waals surface area (Å²) in [5, 5.41) is 16.8. The minimum Gasteiger partial charge on any atom is -0.497 e. The van der Waals surface area contributed by atoms with Crippen LogP contribution in [0.25, 0.3) is 0 Å². The molecule has 0 radical (unpaired) electrons. The highest BCUT2D eigenvalue weighted by atomic mass is 16.5. The number of rotatable bonds is 10. The van der Waals surface area contributed by atoms with E-state index in [2.05, 4.69) is 16.0 Å². The predicted molar refractivity (Wildman–Crippen MR) is 96.9 cm³/mol. The molecule has 4 N–H and O–H groups in total. The van der Waals surface area contributed by atoms with Gasteiger partial charge in [0.05, 0.1) is 13.7 Å². The largest absolute Gasteiger partial charge is 0.497 e. The van der Waals surface area contributed by atoms with Crippen LogP contribution in [0, 0.1) is 5.92 Å². The van der Waals surface area contributed by atoms with Crippen molar-refractivity contribution < 1.29 is 24.2 Å². The lowest BCUT2D eigenvalue weighted by Gasteiger charge is -2.19. The quantitative estimate of drug-likeness (QED) is 0.501. The van der Waals surface area contributed by atoms with E-state index in [-0.39, 0.29) is 24.9 Å². The van der Waals surface area contributed by atoms with E-state index in [9.17, 15) is 19.5 Å². The zero-order valence-electron chi connectivity index (χ0n) is 15.4. The summed E-state index contributed by atoms with van der Waals surface area (Å²) in [4.78, 5) is 35.1. The van der Waals surface area contributed by atoms with Crippen molar-refractivity contribution in [2.45, 2.75) is 39.3 Å². The molecule has 8 heteroatoms. The first-order valence-corrected chi connectivity index (χ1v) is 8.59. The highest BCUT2D eigenvalue weighted by Crippen LogP contribution is 2.11. The van der Waals surface area contributed by atoms with Gasteiger partial charge in [0.1, 0.15) is 11.8 Å². The molecule has 0 aromatic heterocycles. The molecular formula is C18H27N3O5. The van der Waals surface area contributed by atoms with Crippen molar-refractivity contribution in [2.75, 3.05) is 13.7 Å². The Labute approximate surface area is 153 Å². The monoisotopic (exact) mass is 365 g/mol. The molecule has 1 aromatic carbocycles. The van der Waals surface area contributed by atoms with Crippen LogP contribution in [0.1, 0.15) is 32.3 Å². The molecule has 0 spiro atoms. The zero-order chi connectivity index (χ0) is 19.5. The van der Waals surface area contributed by atoms with E-state index in [1.54, 1.807) is 19.2 Å². The molecule has 1 aromatic rings. The number of ether oxygens (including phenoxy) is 1. The number of aliphatic carboxylic acids is 1. The molecule has 0 unspecified atom stereocenters. The van der Waals surface area contributed by atoms with Crippen molar-refractivity contribution in [2.24, 2.45) is 5.92 Å². The summed E-state index contributed by atoms with van der Waals surface area (Å²) in [6, 6.07) is 5.51. The second kappa shape index (κ2) is 11.0. The maximum Gasteiger partial charge on any atom is 0.328 e. The van der Waals surface area contributed by atoms with E-state index >= 15 is 0 Å². The fourth-order valence-electron chi connectivity index (χ4n) is 2.33. The topological polar surface area (TPSA) is 117 Å². The average molecular weight is 365 g/mol. The van der Waals surface area contributed by atoms with Crippen LogP contribution in [0.15, 0.2) is 24.3 Å². The van der Waals surface area contributed by atoms with Gasteiger partial charge in [0, 0.05) is 12.5 Å². The van der Waals surface area contributed by atoms with Crippen molar-refractivity contribution >= 4 is 17.9 Å². The molecule has 0 bridgehead atoms. The van der Waals surface area contributed by atoms with E-state index in [0.717, 1.165) is 11.3 Å². The van der Waals surface area contributed by atoms with E-state index in [1.165, 1.54) is 0 Å². The zero-order valence-corrected chi connectivity index (χ0v) is 15.4. The normalized spacial score (nSPS) is 11.5. The summed E-state index contributed by atoms with van der Waals surface area (Å²) in [5.41, 5.74) is 0.873. The fourth-order valence-corrected chi connectivity index (χ4v) is 2.33. The second-order valence-corrected chi connectivity index (χ2v) is 5.82. The maximum atomic E-state index is 12.0. The molecule has 8 nitrogen and oxygen atoms in total. The van der Waals surface area contributed by atoms with Crippen LogP contribution in [-0.2, 0) is 16.1 Å². The number of benzene rings is 1. The number of carbonyl (C=O) groups is 3. The molecule has 3 amide bonds. The Morgan fingerprint density at radius 1 is 1.08 bits per heavy atom. The van der Waals surface area contributed by atoms with Gasteiger partial charge in [-0.2, -0.15) is 0 Å². The van der Waals surface area contributed by atoms with Gasteiger partial charge < -0.3 is 25.8 Å². The van der Waals surface area contributed by atoms with Crippen molar-refractivity contribution in [3.8, 4) is 5.75 Å². The third kappa shape index (κ3) is 7.00. The van der Waals surface area contributed by atoms with Gasteiger partial charge in [-0.3, -0.25) is 4.79 Å². The van der Waals surface area contributed by atoms with Crippen molar-refractivity contribution in [3.05, 3.63) is 29.8 Å². The van der Waals surface area contributed by atoms with E-state index < -0.39 is 18.0 Å². The third-order valence-electron chi connectivity index (χ3n) is 4.05. The Hall–Kier alpha value is -2.77. The Morgan fingerprint density at radius 2 is 1.69 bits per heavy atom. The molecular weight excluding hydrogens is 338 g/mol. The summed E-state index contributed by atoms with van der Waals surface area (Å²) in [7, 11) is 1.57. The molecule has 144 valence electrons. The van der Waals surface area contributed by atoms with Crippen LogP contribution in [-0.4, -0.2) is 42.7 Å². The molecule has 0 aliphatic carbocycles. The highest BCUT2D eigenvalue weighted by molar-refractivity contribution is 5.85. The molecule has 0 aliphatic rings. The van der Waals surface area contributed by atoms with Crippen molar-refractivity contribution in [3.63, 3.8) is 0 Å². The van der Waals surface area contributed by atoms with Gasteiger partial charge in [0.2, 0.25) is 5.91 Å². The molecule has 1 atom stereocenters. The van der Waals surface area contributed by atoms with Gasteiger partial charge in [0.25, 0.3) is 0 Å². The average Bonchev–Trinajstić information content (AvgIpc) is 2.64. The molecule has 26 heavy (non-hydrogen) atoms. The number of carboxylic acid groups (broad SMARTS) is 1. The minimum absolute atomic E-state index is 0.199. The number of hydrogen-bond donors (Lipinski definition) is 4. The number of amides is 3. The Kier molecular flexibility index (Phi) is 8.97. The minimum atomic E-state index is -1.19. The van der Waals surface area contributed by atoms with Crippen LogP contribution < -0.4 is 20.7 Å². The molecule has 0 heterocycles.